The zero-order valence-electron chi connectivity index (χ0n) is 14.4. The Morgan fingerprint density at radius 2 is 2.05 bits per heavy atom. The summed E-state index contributed by atoms with van der Waals surface area (Å²) in [5.74, 6) is 1.28. The average Bonchev–Trinajstić information content (AvgIpc) is 2.74. The first kappa shape index (κ1) is 16.9. The van der Waals surface area contributed by atoms with E-state index in [-0.39, 0.29) is 0 Å². The van der Waals surface area contributed by atoms with Crippen molar-refractivity contribution in [3.63, 3.8) is 0 Å². The molecule has 4 atom stereocenters. The Kier molecular flexibility index (Phi) is 5.11. The largest absolute Gasteiger partial charge is 0.327 e. The van der Waals surface area contributed by atoms with Gasteiger partial charge in [-0.1, -0.05) is 20.8 Å². The summed E-state index contributed by atoms with van der Waals surface area (Å²) in [7, 11) is 0. The molecule has 3 N–H and O–H groups in total. The molecular formula is C17H31N3S. The molecule has 0 spiro atoms. The van der Waals surface area contributed by atoms with E-state index in [1.165, 1.54) is 17.0 Å². The predicted molar refractivity (Wildman–Crippen MR) is 91.7 cm³/mol. The summed E-state index contributed by atoms with van der Waals surface area (Å²) in [6.07, 6.45) is 2.39. The molecule has 0 saturated heterocycles. The Labute approximate surface area is 133 Å². The van der Waals surface area contributed by atoms with Crippen molar-refractivity contribution in [2.24, 2.45) is 23.0 Å². The van der Waals surface area contributed by atoms with Crippen molar-refractivity contribution in [1.82, 2.24) is 10.3 Å². The lowest BCUT2D eigenvalue weighted by molar-refractivity contribution is 0.0527. The van der Waals surface area contributed by atoms with Crippen LogP contribution < -0.4 is 11.1 Å². The van der Waals surface area contributed by atoms with Gasteiger partial charge in [0.15, 0.2) is 0 Å². The highest BCUT2D eigenvalue weighted by molar-refractivity contribution is 7.11. The van der Waals surface area contributed by atoms with Gasteiger partial charge in [-0.2, -0.15) is 0 Å². The Bertz CT molecular complexity index is 480. The quantitative estimate of drug-likeness (QED) is 0.889. The van der Waals surface area contributed by atoms with Crippen molar-refractivity contribution in [3.8, 4) is 0 Å². The molecule has 3 nitrogen and oxygen atoms in total. The van der Waals surface area contributed by atoms with Crippen molar-refractivity contribution >= 4 is 11.3 Å². The Hall–Kier alpha value is -0.450. The third-order valence-electron chi connectivity index (χ3n) is 5.72. The summed E-state index contributed by atoms with van der Waals surface area (Å²) >= 11 is 1.82. The fraction of sp³-hybridized carbons (Fsp3) is 0.824. The van der Waals surface area contributed by atoms with Gasteiger partial charge in [0.1, 0.15) is 0 Å². The number of aromatic nitrogens is 1. The molecule has 21 heavy (non-hydrogen) atoms. The molecule has 1 heterocycles. The van der Waals surface area contributed by atoms with Gasteiger partial charge in [0, 0.05) is 17.0 Å². The number of rotatable bonds is 4. The van der Waals surface area contributed by atoms with E-state index in [0.717, 1.165) is 18.0 Å². The lowest BCUT2D eigenvalue weighted by atomic mass is 9.61. The Morgan fingerprint density at radius 1 is 1.38 bits per heavy atom. The minimum Gasteiger partial charge on any atom is -0.327 e. The molecule has 1 aromatic heterocycles. The summed E-state index contributed by atoms with van der Waals surface area (Å²) in [6.45, 7) is 14.6. The molecule has 4 heteroatoms. The van der Waals surface area contributed by atoms with E-state index in [0.29, 0.717) is 29.3 Å². The predicted octanol–water partition coefficient (Wildman–Crippen LogP) is 3.81. The van der Waals surface area contributed by atoms with Crippen LogP contribution in [0.25, 0.3) is 0 Å². The highest BCUT2D eigenvalue weighted by Crippen LogP contribution is 2.44. The molecule has 0 radical (unpaired) electrons. The second-order valence-corrected chi connectivity index (χ2v) is 8.60. The number of thiazole rings is 1. The summed E-state index contributed by atoms with van der Waals surface area (Å²) < 4.78 is 0. The van der Waals surface area contributed by atoms with Crippen molar-refractivity contribution < 1.29 is 0 Å². The van der Waals surface area contributed by atoms with Gasteiger partial charge in [0.2, 0.25) is 0 Å². The molecule has 1 aliphatic rings. The van der Waals surface area contributed by atoms with E-state index in [2.05, 4.69) is 51.8 Å². The van der Waals surface area contributed by atoms with Crippen LogP contribution in [0.4, 0.5) is 0 Å². The molecule has 1 aliphatic carbocycles. The maximum Gasteiger partial charge on any atom is 0.0900 e. The molecule has 1 aromatic rings. The maximum atomic E-state index is 6.26. The van der Waals surface area contributed by atoms with Crippen LogP contribution >= 0.6 is 11.3 Å². The van der Waals surface area contributed by atoms with Crippen LogP contribution in [0.2, 0.25) is 0 Å². The molecule has 4 unspecified atom stereocenters. The van der Waals surface area contributed by atoms with Crippen molar-refractivity contribution in [1.29, 1.82) is 0 Å². The van der Waals surface area contributed by atoms with Gasteiger partial charge in [-0.05, 0) is 57.4 Å². The third-order valence-corrected chi connectivity index (χ3v) is 6.98. The number of hydrogen-bond donors (Lipinski definition) is 2. The number of nitrogens with one attached hydrogen (secondary N) is 1. The lowest BCUT2D eigenvalue weighted by Crippen LogP contribution is -2.49. The van der Waals surface area contributed by atoms with E-state index in [4.69, 9.17) is 5.73 Å². The first-order valence-corrected chi connectivity index (χ1v) is 8.98. The average molecular weight is 310 g/mol. The molecule has 1 fully saturated rings. The van der Waals surface area contributed by atoms with E-state index in [1.54, 1.807) is 0 Å². The molecular weight excluding hydrogens is 278 g/mol. The summed E-state index contributed by atoms with van der Waals surface area (Å²) in [4.78, 5) is 5.92. The molecule has 0 bridgehead atoms. The Balaban J connectivity index is 1.98. The zero-order chi connectivity index (χ0) is 15.8. The van der Waals surface area contributed by atoms with Crippen molar-refractivity contribution in [3.05, 3.63) is 15.6 Å². The highest BCUT2D eigenvalue weighted by atomic mass is 32.1. The van der Waals surface area contributed by atoms with Gasteiger partial charge in [-0.15, -0.1) is 11.3 Å². The van der Waals surface area contributed by atoms with Crippen LogP contribution in [-0.4, -0.2) is 17.6 Å². The van der Waals surface area contributed by atoms with Crippen molar-refractivity contribution in [2.75, 3.05) is 6.54 Å². The van der Waals surface area contributed by atoms with Crippen LogP contribution in [0.15, 0.2) is 0 Å². The van der Waals surface area contributed by atoms with Crippen LogP contribution in [0.3, 0.4) is 0 Å². The summed E-state index contributed by atoms with van der Waals surface area (Å²) in [5.41, 5.74) is 7.74. The monoisotopic (exact) mass is 309 g/mol. The molecule has 1 saturated carbocycles. The molecule has 0 aliphatic heterocycles. The van der Waals surface area contributed by atoms with Crippen LogP contribution in [0.5, 0.6) is 0 Å². The first-order chi connectivity index (χ1) is 9.73. The fourth-order valence-electron chi connectivity index (χ4n) is 3.66. The minimum absolute atomic E-state index is 0.309. The second-order valence-electron chi connectivity index (χ2n) is 7.36. The van der Waals surface area contributed by atoms with Gasteiger partial charge in [0.25, 0.3) is 0 Å². The third kappa shape index (κ3) is 3.49. The maximum absolute atomic E-state index is 6.26. The van der Waals surface area contributed by atoms with Gasteiger partial charge in [-0.25, -0.2) is 4.98 Å². The van der Waals surface area contributed by atoms with Gasteiger partial charge >= 0.3 is 0 Å². The Morgan fingerprint density at radius 3 is 2.62 bits per heavy atom. The van der Waals surface area contributed by atoms with E-state index in [9.17, 15) is 0 Å². The zero-order valence-corrected chi connectivity index (χ0v) is 15.2. The van der Waals surface area contributed by atoms with E-state index < -0.39 is 0 Å². The number of nitrogens with zero attached hydrogens (tertiary/aromatic N) is 1. The van der Waals surface area contributed by atoms with Crippen molar-refractivity contribution in [2.45, 2.75) is 66.5 Å². The number of nitrogens with two attached hydrogens (primary N) is 1. The van der Waals surface area contributed by atoms with Gasteiger partial charge < -0.3 is 11.1 Å². The standard InChI is InChI=1S/C17H31N3S/c1-10-15(18)8-7-14(17(10,5)6)9-19-11(2)16-12(3)20-13(4)21-16/h10-11,14-15,19H,7-9,18H2,1-6H3. The lowest BCUT2D eigenvalue weighted by Gasteiger charge is -2.47. The normalized spacial score (nSPS) is 30.3. The van der Waals surface area contributed by atoms with Crippen LogP contribution in [0.1, 0.15) is 62.2 Å². The summed E-state index contributed by atoms with van der Waals surface area (Å²) in [6, 6.07) is 0.748. The molecule has 2 rings (SSSR count). The van der Waals surface area contributed by atoms with Crippen LogP contribution in [0, 0.1) is 31.1 Å². The first-order valence-electron chi connectivity index (χ1n) is 8.16. The topological polar surface area (TPSA) is 50.9 Å². The van der Waals surface area contributed by atoms with Crippen LogP contribution in [-0.2, 0) is 0 Å². The minimum atomic E-state index is 0.309. The fourth-order valence-corrected chi connectivity index (χ4v) is 4.62. The van der Waals surface area contributed by atoms with Gasteiger partial charge in [-0.3, -0.25) is 0 Å². The smallest absolute Gasteiger partial charge is 0.0900 e. The summed E-state index contributed by atoms with van der Waals surface area (Å²) in [5, 5.41) is 4.90. The molecule has 0 aromatic carbocycles. The van der Waals surface area contributed by atoms with E-state index in [1.807, 2.05) is 11.3 Å². The van der Waals surface area contributed by atoms with E-state index >= 15 is 0 Å². The van der Waals surface area contributed by atoms with Gasteiger partial charge in [0.05, 0.1) is 10.7 Å². The molecule has 0 amide bonds. The molecule has 120 valence electrons. The number of aryl methyl sites for hydroxylation is 2. The SMILES string of the molecule is Cc1nc(C)c(C(C)NCC2CCC(N)C(C)C2(C)C)s1. The second kappa shape index (κ2) is 6.35. The highest BCUT2D eigenvalue weighted by Gasteiger charge is 2.41. The number of hydrogen-bond acceptors (Lipinski definition) is 4.